The lowest BCUT2D eigenvalue weighted by molar-refractivity contribution is 0.115. The molecule has 28 heavy (non-hydrogen) atoms. The second kappa shape index (κ2) is 9.89. The van der Waals surface area contributed by atoms with Crippen molar-refractivity contribution in [3.8, 4) is 16.9 Å². The monoisotopic (exact) mass is 401 g/mol. The fraction of sp³-hybridized carbons (Fsp3) is 0.304. The van der Waals surface area contributed by atoms with Crippen molar-refractivity contribution in [1.82, 2.24) is 0 Å². The summed E-state index contributed by atoms with van der Waals surface area (Å²) in [6, 6.07) is 20.9. The van der Waals surface area contributed by atoms with Gasteiger partial charge in [-0.25, -0.2) is 0 Å². The van der Waals surface area contributed by atoms with Gasteiger partial charge in [-0.05, 0) is 65.4 Å². The molecule has 0 saturated heterocycles. The second-order valence-electron chi connectivity index (χ2n) is 7.03. The number of aliphatic hydroxyl groups excluding tert-OH is 2. The molecule has 150 valence electrons. The van der Waals surface area contributed by atoms with Crippen LogP contribution in [0.3, 0.4) is 0 Å². The van der Waals surface area contributed by atoms with Crippen molar-refractivity contribution in [2.24, 2.45) is 5.73 Å². The number of aliphatic hydroxyl groups is 2. The smallest absolute Gasteiger partial charge is 0.119 e. The van der Waals surface area contributed by atoms with Crippen molar-refractivity contribution in [1.29, 1.82) is 0 Å². The summed E-state index contributed by atoms with van der Waals surface area (Å²) in [5.41, 5.74) is 8.47. The maximum absolute atomic E-state index is 9.30. The molecule has 5 heteroatoms. The van der Waals surface area contributed by atoms with E-state index >= 15 is 0 Å². The lowest BCUT2D eigenvalue weighted by Gasteiger charge is -2.24. The molecule has 3 aromatic carbocycles. The third kappa shape index (κ3) is 5.24. The molecule has 0 atom stereocenters. The summed E-state index contributed by atoms with van der Waals surface area (Å²) in [5.74, 6) is 0.892. The van der Waals surface area contributed by atoms with Crippen LogP contribution in [0.2, 0.25) is 0 Å². The number of halogens is 1. The van der Waals surface area contributed by atoms with E-state index in [2.05, 4.69) is 54.6 Å². The summed E-state index contributed by atoms with van der Waals surface area (Å²) in [5, 5.41) is 20.9. The van der Waals surface area contributed by atoms with Crippen LogP contribution >= 0.6 is 12.4 Å². The van der Waals surface area contributed by atoms with Gasteiger partial charge in [-0.2, -0.15) is 0 Å². The topological polar surface area (TPSA) is 75.7 Å². The van der Waals surface area contributed by atoms with Crippen LogP contribution in [0.15, 0.2) is 60.7 Å². The third-order valence-corrected chi connectivity index (χ3v) is 4.95. The Morgan fingerprint density at radius 3 is 2.11 bits per heavy atom. The van der Waals surface area contributed by atoms with Gasteiger partial charge in [0.15, 0.2) is 0 Å². The van der Waals surface area contributed by atoms with Gasteiger partial charge in [-0.3, -0.25) is 0 Å². The van der Waals surface area contributed by atoms with Crippen molar-refractivity contribution in [3.63, 3.8) is 0 Å². The summed E-state index contributed by atoms with van der Waals surface area (Å²) >= 11 is 0. The largest absolute Gasteiger partial charge is 0.494 e. The molecule has 0 saturated carbocycles. The van der Waals surface area contributed by atoms with Gasteiger partial charge in [0, 0.05) is 0 Å². The van der Waals surface area contributed by atoms with E-state index in [1.165, 1.54) is 5.39 Å². The summed E-state index contributed by atoms with van der Waals surface area (Å²) in [4.78, 5) is 0. The van der Waals surface area contributed by atoms with E-state index in [4.69, 9.17) is 10.5 Å². The Labute approximate surface area is 172 Å². The summed E-state index contributed by atoms with van der Waals surface area (Å²) < 4.78 is 5.56. The quantitative estimate of drug-likeness (QED) is 0.534. The molecule has 0 aliphatic carbocycles. The van der Waals surface area contributed by atoms with Gasteiger partial charge in [0.05, 0.1) is 25.4 Å². The van der Waals surface area contributed by atoms with Gasteiger partial charge in [0.2, 0.25) is 0 Å². The van der Waals surface area contributed by atoms with Crippen LogP contribution in [-0.2, 0) is 6.42 Å². The second-order valence-corrected chi connectivity index (χ2v) is 7.03. The summed E-state index contributed by atoms with van der Waals surface area (Å²) in [6.07, 6.45) is 1.26. The standard InChI is InChI=1S/C23H27NO3.ClH/c1-2-27-22-10-9-20-13-19(7-8-21(20)14-22)18-5-3-17(4-6-18)11-12-23(24,15-25)16-26;/h3-10,13-14,25-26H,2,11-12,15-16,24H2,1H3;1H. The van der Waals surface area contributed by atoms with Crippen LogP contribution in [0.1, 0.15) is 18.9 Å². The van der Waals surface area contributed by atoms with Crippen molar-refractivity contribution < 1.29 is 14.9 Å². The zero-order chi connectivity index (χ0) is 19.3. The highest BCUT2D eigenvalue weighted by molar-refractivity contribution is 5.88. The fourth-order valence-corrected chi connectivity index (χ4v) is 3.13. The average Bonchev–Trinajstić information content (AvgIpc) is 2.72. The first-order valence-electron chi connectivity index (χ1n) is 9.33. The maximum Gasteiger partial charge on any atom is 0.119 e. The number of hydrogen-bond acceptors (Lipinski definition) is 4. The molecule has 0 spiro atoms. The Kier molecular flexibility index (Phi) is 7.84. The molecule has 4 N–H and O–H groups in total. The highest BCUT2D eigenvalue weighted by Gasteiger charge is 2.22. The molecule has 0 heterocycles. The molecule has 4 nitrogen and oxygen atoms in total. The van der Waals surface area contributed by atoms with E-state index in [0.29, 0.717) is 13.0 Å². The lowest BCUT2D eigenvalue weighted by atomic mass is 9.93. The Morgan fingerprint density at radius 2 is 1.46 bits per heavy atom. The average molecular weight is 402 g/mol. The molecule has 0 aromatic heterocycles. The van der Waals surface area contributed by atoms with Crippen LogP contribution in [0.4, 0.5) is 0 Å². The molecule has 3 rings (SSSR count). The highest BCUT2D eigenvalue weighted by atomic mass is 35.5. The zero-order valence-corrected chi connectivity index (χ0v) is 16.9. The van der Waals surface area contributed by atoms with Gasteiger partial charge < -0.3 is 20.7 Å². The number of rotatable bonds is 8. The predicted octanol–water partition coefficient (Wildman–Crippen LogP) is 3.94. The fourth-order valence-electron chi connectivity index (χ4n) is 3.13. The van der Waals surface area contributed by atoms with Crippen molar-refractivity contribution in [2.45, 2.75) is 25.3 Å². The predicted molar refractivity (Wildman–Crippen MR) is 117 cm³/mol. The Balaban J connectivity index is 0.00000280. The van der Waals surface area contributed by atoms with Gasteiger partial charge in [0.1, 0.15) is 5.75 Å². The Hall–Kier alpha value is -2.11. The van der Waals surface area contributed by atoms with Gasteiger partial charge in [-0.15, -0.1) is 12.4 Å². The molecular formula is C23H28ClNO3. The van der Waals surface area contributed by atoms with Gasteiger partial charge in [0.25, 0.3) is 0 Å². The molecule has 0 bridgehead atoms. The van der Waals surface area contributed by atoms with Crippen molar-refractivity contribution >= 4 is 23.2 Å². The molecule has 0 amide bonds. The van der Waals surface area contributed by atoms with E-state index < -0.39 is 5.54 Å². The SMILES string of the molecule is CCOc1ccc2cc(-c3ccc(CCC(N)(CO)CO)cc3)ccc2c1.Cl. The maximum atomic E-state index is 9.30. The van der Waals surface area contributed by atoms with E-state index in [9.17, 15) is 10.2 Å². The van der Waals surface area contributed by atoms with Crippen molar-refractivity contribution in [2.75, 3.05) is 19.8 Å². The Bertz CT molecular complexity index is 892. The van der Waals surface area contributed by atoms with E-state index in [1.54, 1.807) is 0 Å². The highest BCUT2D eigenvalue weighted by Crippen LogP contribution is 2.27. The molecule has 0 fully saturated rings. The first kappa shape index (κ1) is 22.2. The first-order chi connectivity index (χ1) is 13.1. The van der Waals surface area contributed by atoms with Crippen LogP contribution in [0.25, 0.3) is 21.9 Å². The number of fused-ring (bicyclic) bond motifs is 1. The Morgan fingerprint density at radius 1 is 0.857 bits per heavy atom. The molecular weight excluding hydrogens is 374 g/mol. The lowest BCUT2D eigenvalue weighted by Crippen LogP contribution is -2.47. The molecule has 0 unspecified atom stereocenters. The number of hydrogen-bond donors (Lipinski definition) is 3. The van der Waals surface area contributed by atoms with Crippen LogP contribution in [0.5, 0.6) is 5.75 Å². The molecule has 0 aliphatic rings. The summed E-state index contributed by atoms with van der Waals surface area (Å²) in [7, 11) is 0. The number of aryl methyl sites for hydroxylation is 1. The van der Waals surface area contributed by atoms with E-state index in [1.807, 2.05) is 13.0 Å². The minimum Gasteiger partial charge on any atom is -0.494 e. The number of ether oxygens (including phenoxy) is 1. The minimum atomic E-state index is -0.919. The van der Waals surface area contributed by atoms with E-state index in [0.717, 1.165) is 34.2 Å². The molecule has 0 aliphatic heterocycles. The van der Waals surface area contributed by atoms with Gasteiger partial charge >= 0.3 is 0 Å². The minimum absolute atomic E-state index is 0. The number of nitrogens with two attached hydrogens (primary N) is 1. The van der Waals surface area contributed by atoms with Crippen LogP contribution in [-0.4, -0.2) is 35.6 Å². The molecule has 3 aromatic rings. The van der Waals surface area contributed by atoms with Crippen LogP contribution < -0.4 is 10.5 Å². The van der Waals surface area contributed by atoms with Crippen molar-refractivity contribution in [3.05, 3.63) is 66.2 Å². The normalized spacial score (nSPS) is 11.3. The third-order valence-electron chi connectivity index (χ3n) is 4.95. The van der Waals surface area contributed by atoms with Gasteiger partial charge in [-0.1, -0.05) is 42.5 Å². The summed E-state index contributed by atoms with van der Waals surface area (Å²) in [6.45, 7) is 2.21. The number of benzene rings is 3. The first-order valence-corrected chi connectivity index (χ1v) is 9.33. The molecule has 0 radical (unpaired) electrons. The zero-order valence-electron chi connectivity index (χ0n) is 16.1. The van der Waals surface area contributed by atoms with Crippen LogP contribution in [0, 0.1) is 0 Å². The van der Waals surface area contributed by atoms with E-state index in [-0.39, 0.29) is 25.6 Å².